The van der Waals surface area contributed by atoms with Crippen LogP contribution in [0, 0.1) is 0 Å². The maximum absolute atomic E-state index is 2.52. The van der Waals surface area contributed by atoms with Crippen LogP contribution in [0.5, 0.6) is 0 Å². The Bertz CT molecular complexity index is 3010. The molecule has 10 aromatic rings. The van der Waals surface area contributed by atoms with Crippen LogP contribution in [0.15, 0.2) is 164 Å². The van der Waals surface area contributed by atoms with Gasteiger partial charge in [0.1, 0.15) is 0 Å². The Morgan fingerprint density at radius 1 is 0.431 bits per heavy atom. The van der Waals surface area contributed by atoms with Gasteiger partial charge in [-0.1, -0.05) is 109 Å². The molecule has 0 spiro atoms. The predicted molar refractivity (Wildman–Crippen MR) is 219 cm³/mol. The fourth-order valence-electron chi connectivity index (χ4n) is 8.50. The van der Waals surface area contributed by atoms with Crippen LogP contribution in [0.2, 0.25) is 0 Å². The molecule has 3 heterocycles. The molecule has 0 radical (unpaired) electrons. The zero-order valence-electron chi connectivity index (χ0n) is 27.9. The van der Waals surface area contributed by atoms with E-state index in [0.717, 1.165) is 12.8 Å². The van der Waals surface area contributed by atoms with Crippen molar-refractivity contribution < 1.29 is 0 Å². The van der Waals surface area contributed by atoms with Crippen molar-refractivity contribution in [2.24, 2.45) is 0 Å². The molecule has 3 heteroatoms. The molecule has 0 saturated carbocycles. The van der Waals surface area contributed by atoms with Crippen molar-refractivity contribution in [3.63, 3.8) is 0 Å². The van der Waals surface area contributed by atoms with Crippen LogP contribution in [-0.4, -0.2) is 9.13 Å². The number of para-hydroxylation sites is 1. The summed E-state index contributed by atoms with van der Waals surface area (Å²) in [7, 11) is 0. The third kappa shape index (κ3) is 4.35. The SMILES string of the molecule is C1=Cc2c(n(-c3ccc(-c4ccc5sc6ccccc6c5c4)cc3)c3ccc4c(c5ccccc5n4-c4cccc(-c5ccccc5)c4)c23)CC1. The molecule has 0 amide bonds. The smallest absolute Gasteiger partial charge is 0.0548 e. The summed E-state index contributed by atoms with van der Waals surface area (Å²) in [5.41, 5.74) is 13.8. The Labute approximate surface area is 299 Å². The van der Waals surface area contributed by atoms with Gasteiger partial charge in [0.2, 0.25) is 0 Å². The lowest BCUT2D eigenvalue weighted by Gasteiger charge is -2.14. The number of nitrogens with zero attached hydrogens (tertiary/aromatic N) is 2. The molecular formula is C48H32N2S. The van der Waals surface area contributed by atoms with E-state index < -0.39 is 0 Å². The highest BCUT2D eigenvalue weighted by molar-refractivity contribution is 7.25. The van der Waals surface area contributed by atoms with Crippen molar-refractivity contribution in [2.75, 3.05) is 0 Å². The highest BCUT2D eigenvalue weighted by atomic mass is 32.1. The summed E-state index contributed by atoms with van der Waals surface area (Å²) in [6, 6.07) is 58.1. The number of hydrogen-bond donors (Lipinski definition) is 0. The summed E-state index contributed by atoms with van der Waals surface area (Å²) < 4.78 is 7.66. The van der Waals surface area contributed by atoms with E-state index >= 15 is 0 Å². The lowest BCUT2D eigenvalue weighted by molar-refractivity contribution is 0.888. The molecule has 1 aliphatic carbocycles. The summed E-state index contributed by atoms with van der Waals surface area (Å²) in [6.45, 7) is 0. The number of hydrogen-bond acceptors (Lipinski definition) is 1. The lowest BCUT2D eigenvalue weighted by atomic mass is 9.99. The van der Waals surface area contributed by atoms with Gasteiger partial charge < -0.3 is 9.13 Å². The van der Waals surface area contributed by atoms with Crippen LogP contribution < -0.4 is 0 Å². The molecule has 0 atom stereocenters. The average Bonchev–Trinajstić information content (AvgIpc) is 3.86. The van der Waals surface area contributed by atoms with Crippen LogP contribution in [0.1, 0.15) is 17.7 Å². The van der Waals surface area contributed by atoms with Crippen LogP contribution in [0.4, 0.5) is 0 Å². The molecule has 11 rings (SSSR count). The molecule has 0 saturated heterocycles. The van der Waals surface area contributed by atoms with Crippen molar-refractivity contribution >= 4 is 70.3 Å². The van der Waals surface area contributed by atoms with Gasteiger partial charge in [-0.3, -0.25) is 0 Å². The first kappa shape index (κ1) is 28.7. The van der Waals surface area contributed by atoms with Crippen molar-refractivity contribution in [3.8, 4) is 33.6 Å². The van der Waals surface area contributed by atoms with Crippen molar-refractivity contribution in [1.29, 1.82) is 0 Å². The summed E-state index contributed by atoms with van der Waals surface area (Å²) in [4.78, 5) is 0. The third-order valence-electron chi connectivity index (χ3n) is 10.8. The van der Waals surface area contributed by atoms with Gasteiger partial charge >= 0.3 is 0 Å². The Balaban J connectivity index is 1.09. The number of aromatic nitrogens is 2. The fraction of sp³-hybridized carbons (Fsp3) is 0.0417. The Kier molecular flexibility index (Phi) is 6.28. The van der Waals surface area contributed by atoms with Gasteiger partial charge in [0.05, 0.1) is 16.6 Å². The summed E-state index contributed by atoms with van der Waals surface area (Å²) in [5, 5.41) is 6.62. The molecule has 7 aromatic carbocycles. The minimum Gasteiger partial charge on any atom is -0.313 e. The molecule has 2 nitrogen and oxygen atoms in total. The number of thiophene rings is 1. The topological polar surface area (TPSA) is 9.86 Å². The quantitative estimate of drug-likeness (QED) is 0.177. The molecule has 51 heavy (non-hydrogen) atoms. The first-order valence-electron chi connectivity index (χ1n) is 17.7. The van der Waals surface area contributed by atoms with Gasteiger partial charge in [-0.15, -0.1) is 11.3 Å². The Hall–Kier alpha value is -6.16. The summed E-state index contributed by atoms with van der Waals surface area (Å²) in [6.07, 6.45) is 6.78. The largest absolute Gasteiger partial charge is 0.313 e. The zero-order chi connectivity index (χ0) is 33.5. The number of rotatable bonds is 4. The normalized spacial score (nSPS) is 12.9. The molecule has 0 bridgehead atoms. The van der Waals surface area contributed by atoms with Crippen molar-refractivity contribution in [3.05, 3.63) is 175 Å². The average molecular weight is 669 g/mol. The van der Waals surface area contributed by atoms with Gasteiger partial charge in [0.25, 0.3) is 0 Å². The fourth-order valence-corrected chi connectivity index (χ4v) is 9.59. The van der Waals surface area contributed by atoms with E-state index in [4.69, 9.17) is 0 Å². The molecule has 240 valence electrons. The molecule has 0 N–H and O–H groups in total. The van der Waals surface area contributed by atoms with E-state index in [1.165, 1.54) is 97.8 Å². The highest BCUT2D eigenvalue weighted by Gasteiger charge is 2.24. The highest BCUT2D eigenvalue weighted by Crippen LogP contribution is 2.44. The molecule has 0 aliphatic heterocycles. The predicted octanol–water partition coefficient (Wildman–Crippen LogP) is 13.4. The monoisotopic (exact) mass is 668 g/mol. The minimum absolute atomic E-state index is 1.02. The van der Waals surface area contributed by atoms with Crippen molar-refractivity contribution in [1.82, 2.24) is 9.13 Å². The second-order valence-electron chi connectivity index (χ2n) is 13.6. The third-order valence-corrected chi connectivity index (χ3v) is 11.9. The number of benzene rings is 7. The Morgan fingerprint density at radius 3 is 2.00 bits per heavy atom. The molecular weight excluding hydrogens is 637 g/mol. The molecule has 0 fully saturated rings. The van der Waals surface area contributed by atoms with Crippen LogP contribution in [-0.2, 0) is 6.42 Å². The van der Waals surface area contributed by atoms with E-state index in [2.05, 4.69) is 179 Å². The van der Waals surface area contributed by atoms with Gasteiger partial charge in [0.15, 0.2) is 0 Å². The van der Waals surface area contributed by atoms with E-state index in [1.54, 1.807) is 0 Å². The molecule has 3 aromatic heterocycles. The van der Waals surface area contributed by atoms with Gasteiger partial charge in [-0.25, -0.2) is 0 Å². The van der Waals surface area contributed by atoms with Crippen LogP contribution in [0.3, 0.4) is 0 Å². The van der Waals surface area contributed by atoms with E-state index in [9.17, 15) is 0 Å². The number of fused-ring (bicyclic) bond motifs is 10. The lowest BCUT2D eigenvalue weighted by Crippen LogP contribution is -2.02. The second-order valence-corrected chi connectivity index (χ2v) is 14.7. The first-order chi connectivity index (χ1) is 25.3. The second kappa shape index (κ2) is 11.2. The van der Waals surface area contributed by atoms with E-state index in [0.29, 0.717) is 0 Å². The van der Waals surface area contributed by atoms with Crippen molar-refractivity contribution in [2.45, 2.75) is 12.8 Å². The number of allylic oxidation sites excluding steroid dienone is 1. The van der Waals surface area contributed by atoms with E-state index in [-0.39, 0.29) is 0 Å². The summed E-state index contributed by atoms with van der Waals surface area (Å²) >= 11 is 1.87. The minimum atomic E-state index is 1.02. The standard InChI is InChI=1S/C48H32N2S/c1-2-11-31(12-3-1)33-13-10-14-36(29-33)50-42-19-8-5-17-39(42)48-44(50)27-26-43-47(48)38-16-4-7-18-41(38)49(43)35-24-21-32(22-25-35)34-23-28-46-40(30-34)37-15-6-9-20-45(37)51-46/h1-6,8-17,19-30H,7,18H2. The van der Waals surface area contributed by atoms with E-state index in [1.807, 2.05) is 11.3 Å². The molecule has 0 unspecified atom stereocenters. The maximum atomic E-state index is 2.52. The summed E-state index contributed by atoms with van der Waals surface area (Å²) in [5.74, 6) is 0. The maximum Gasteiger partial charge on any atom is 0.0548 e. The van der Waals surface area contributed by atoms with Crippen LogP contribution >= 0.6 is 11.3 Å². The van der Waals surface area contributed by atoms with Gasteiger partial charge in [-0.05, 0) is 95.8 Å². The first-order valence-corrected chi connectivity index (χ1v) is 18.6. The van der Waals surface area contributed by atoms with Gasteiger partial charge in [0, 0.05) is 59.0 Å². The zero-order valence-corrected chi connectivity index (χ0v) is 28.7. The molecule has 1 aliphatic rings. The van der Waals surface area contributed by atoms with Crippen LogP contribution in [0.25, 0.3) is 92.6 Å². The van der Waals surface area contributed by atoms with Gasteiger partial charge in [-0.2, -0.15) is 0 Å². The Morgan fingerprint density at radius 2 is 1.12 bits per heavy atom.